The summed E-state index contributed by atoms with van der Waals surface area (Å²) >= 11 is 0. The normalized spacial score (nSPS) is 24.5. The van der Waals surface area contributed by atoms with E-state index in [2.05, 4.69) is 10.6 Å². The molecule has 1 saturated heterocycles. The Bertz CT molecular complexity index is 372. The van der Waals surface area contributed by atoms with Crippen molar-refractivity contribution in [3.63, 3.8) is 0 Å². The number of hydrogen-bond acceptors (Lipinski definition) is 3. The quantitative estimate of drug-likeness (QED) is 0.673. The Morgan fingerprint density at radius 3 is 2.53 bits per heavy atom. The number of aliphatic carboxylic acids is 1. The second kappa shape index (κ2) is 6.40. The van der Waals surface area contributed by atoms with Crippen LogP contribution < -0.4 is 10.6 Å². The van der Waals surface area contributed by atoms with Gasteiger partial charge in [0.15, 0.2) is 0 Å². The van der Waals surface area contributed by atoms with E-state index in [-0.39, 0.29) is 11.8 Å². The highest BCUT2D eigenvalue weighted by Crippen LogP contribution is 2.22. The molecule has 3 N–H and O–H groups in total. The van der Waals surface area contributed by atoms with Crippen molar-refractivity contribution in [2.75, 3.05) is 13.6 Å². The zero-order chi connectivity index (χ0) is 14.6. The van der Waals surface area contributed by atoms with Crippen LogP contribution in [0.3, 0.4) is 0 Å². The molecule has 7 heteroatoms. The van der Waals surface area contributed by atoms with Crippen molar-refractivity contribution >= 4 is 17.9 Å². The molecule has 1 aliphatic rings. The maximum atomic E-state index is 12.0. The lowest BCUT2D eigenvalue weighted by molar-refractivity contribution is -0.143. The van der Waals surface area contributed by atoms with Gasteiger partial charge in [-0.15, -0.1) is 0 Å². The molecule has 7 nitrogen and oxygen atoms in total. The topological polar surface area (TPSA) is 98.7 Å². The van der Waals surface area contributed by atoms with Crippen LogP contribution in [0.1, 0.15) is 26.7 Å². The molecule has 19 heavy (non-hydrogen) atoms. The monoisotopic (exact) mass is 271 g/mol. The average Bonchev–Trinajstić information content (AvgIpc) is 2.37. The SMILES string of the molecule is CNC(=O)C(C)NC(=O)N1CCC(C)CC1C(=O)O. The van der Waals surface area contributed by atoms with E-state index in [4.69, 9.17) is 5.11 Å². The molecule has 0 aromatic carbocycles. The summed E-state index contributed by atoms with van der Waals surface area (Å²) in [4.78, 5) is 35.8. The molecule has 0 bridgehead atoms. The molecule has 0 radical (unpaired) electrons. The number of carboxylic acid groups (broad SMARTS) is 1. The smallest absolute Gasteiger partial charge is 0.326 e. The Morgan fingerprint density at radius 2 is 2.00 bits per heavy atom. The summed E-state index contributed by atoms with van der Waals surface area (Å²) in [6, 6.07) is -2.01. The minimum absolute atomic E-state index is 0.279. The molecule has 108 valence electrons. The molecule has 1 fully saturated rings. The number of likely N-dealkylation sites (N-methyl/N-ethyl adjacent to an activating group) is 1. The average molecular weight is 271 g/mol. The van der Waals surface area contributed by atoms with Crippen LogP contribution in [0.25, 0.3) is 0 Å². The van der Waals surface area contributed by atoms with Gasteiger partial charge in [0.2, 0.25) is 5.91 Å². The third kappa shape index (κ3) is 3.84. The van der Waals surface area contributed by atoms with E-state index >= 15 is 0 Å². The van der Waals surface area contributed by atoms with Gasteiger partial charge in [-0.3, -0.25) is 4.79 Å². The fourth-order valence-electron chi connectivity index (χ4n) is 2.17. The Labute approximate surface area is 112 Å². The molecule has 3 amide bonds. The van der Waals surface area contributed by atoms with Crippen molar-refractivity contribution in [3.05, 3.63) is 0 Å². The molecule has 0 spiro atoms. The second-order valence-electron chi connectivity index (χ2n) is 4.96. The van der Waals surface area contributed by atoms with E-state index < -0.39 is 24.1 Å². The Hall–Kier alpha value is -1.79. The van der Waals surface area contributed by atoms with Crippen molar-refractivity contribution in [1.29, 1.82) is 0 Å². The Morgan fingerprint density at radius 1 is 1.37 bits per heavy atom. The van der Waals surface area contributed by atoms with Crippen molar-refractivity contribution < 1.29 is 19.5 Å². The van der Waals surface area contributed by atoms with Crippen molar-refractivity contribution in [2.24, 2.45) is 5.92 Å². The molecule has 0 aromatic rings. The highest BCUT2D eigenvalue weighted by atomic mass is 16.4. The van der Waals surface area contributed by atoms with Crippen LogP contribution in [-0.4, -0.2) is 53.6 Å². The van der Waals surface area contributed by atoms with E-state index in [0.717, 1.165) is 6.42 Å². The number of likely N-dealkylation sites (tertiary alicyclic amines) is 1. The maximum Gasteiger partial charge on any atom is 0.326 e. The summed E-state index contributed by atoms with van der Waals surface area (Å²) in [7, 11) is 1.48. The van der Waals surface area contributed by atoms with Gasteiger partial charge in [-0.25, -0.2) is 9.59 Å². The minimum Gasteiger partial charge on any atom is -0.480 e. The molecule has 0 aliphatic carbocycles. The second-order valence-corrected chi connectivity index (χ2v) is 4.96. The van der Waals surface area contributed by atoms with Crippen LogP contribution in [0.5, 0.6) is 0 Å². The van der Waals surface area contributed by atoms with Gasteiger partial charge in [0, 0.05) is 13.6 Å². The third-order valence-electron chi connectivity index (χ3n) is 3.39. The number of nitrogens with zero attached hydrogens (tertiary/aromatic N) is 1. The van der Waals surface area contributed by atoms with Gasteiger partial charge in [0.1, 0.15) is 12.1 Å². The van der Waals surface area contributed by atoms with Crippen LogP contribution in [-0.2, 0) is 9.59 Å². The van der Waals surface area contributed by atoms with E-state index in [1.54, 1.807) is 6.92 Å². The van der Waals surface area contributed by atoms with Gasteiger partial charge in [-0.05, 0) is 25.7 Å². The largest absolute Gasteiger partial charge is 0.480 e. The number of amides is 3. The number of piperidine rings is 1. The third-order valence-corrected chi connectivity index (χ3v) is 3.39. The molecule has 1 aliphatic heterocycles. The number of carbonyl (C=O) groups excluding carboxylic acids is 2. The van der Waals surface area contributed by atoms with E-state index in [1.807, 2.05) is 6.92 Å². The van der Waals surface area contributed by atoms with Crippen LogP contribution in [0.2, 0.25) is 0 Å². The molecule has 3 unspecified atom stereocenters. The number of rotatable bonds is 3. The summed E-state index contributed by atoms with van der Waals surface area (Å²) in [5.74, 6) is -1.04. The zero-order valence-electron chi connectivity index (χ0n) is 11.5. The Kier molecular flexibility index (Phi) is 5.14. The Balaban J connectivity index is 2.68. The summed E-state index contributed by atoms with van der Waals surface area (Å²) in [5, 5.41) is 14.1. The van der Waals surface area contributed by atoms with Gasteiger partial charge in [-0.1, -0.05) is 6.92 Å². The molecule has 0 saturated carbocycles. The standard InChI is InChI=1S/C12H21N3O4/c1-7-4-5-15(9(6-7)11(17)18)12(19)14-8(2)10(16)13-3/h7-9H,4-6H2,1-3H3,(H,13,16)(H,14,19)(H,17,18). The van der Waals surface area contributed by atoms with Crippen molar-refractivity contribution in [2.45, 2.75) is 38.8 Å². The fourth-order valence-corrected chi connectivity index (χ4v) is 2.17. The molecule has 3 atom stereocenters. The van der Waals surface area contributed by atoms with Gasteiger partial charge in [0.05, 0.1) is 0 Å². The van der Waals surface area contributed by atoms with Crippen molar-refractivity contribution in [1.82, 2.24) is 15.5 Å². The van der Waals surface area contributed by atoms with E-state index in [9.17, 15) is 14.4 Å². The summed E-state index contributed by atoms with van der Waals surface area (Å²) in [6.07, 6.45) is 1.21. The highest BCUT2D eigenvalue weighted by molar-refractivity contribution is 5.88. The van der Waals surface area contributed by atoms with E-state index in [1.165, 1.54) is 11.9 Å². The fraction of sp³-hybridized carbons (Fsp3) is 0.750. The number of nitrogens with one attached hydrogen (secondary N) is 2. The van der Waals surface area contributed by atoms with Gasteiger partial charge < -0.3 is 20.6 Å². The van der Waals surface area contributed by atoms with Crippen LogP contribution >= 0.6 is 0 Å². The van der Waals surface area contributed by atoms with Crippen LogP contribution in [0.15, 0.2) is 0 Å². The first-order valence-corrected chi connectivity index (χ1v) is 6.38. The summed E-state index contributed by atoms with van der Waals surface area (Å²) in [6.45, 7) is 3.92. The lowest BCUT2D eigenvalue weighted by Crippen LogP contribution is -2.56. The number of hydrogen-bond donors (Lipinski definition) is 3. The lowest BCUT2D eigenvalue weighted by Gasteiger charge is -2.36. The summed E-state index contributed by atoms with van der Waals surface area (Å²) in [5.41, 5.74) is 0. The first kappa shape index (κ1) is 15.3. The molecule has 0 aromatic heterocycles. The maximum absolute atomic E-state index is 12.0. The zero-order valence-corrected chi connectivity index (χ0v) is 11.5. The number of carbonyl (C=O) groups is 3. The highest BCUT2D eigenvalue weighted by Gasteiger charge is 2.35. The molecular weight excluding hydrogens is 250 g/mol. The predicted molar refractivity (Wildman–Crippen MR) is 68.6 cm³/mol. The van der Waals surface area contributed by atoms with Gasteiger partial charge >= 0.3 is 12.0 Å². The van der Waals surface area contributed by atoms with Crippen LogP contribution in [0, 0.1) is 5.92 Å². The molecule has 1 rings (SSSR count). The first-order valence-electron chi connectivity index (χ1n) is 6.38. The van der Waals surface area contributed by atoms with E-state index in [0.29, 0.717) is 13.0 Å². The number of carboxylic acids is 1. The first-order chi connectivity index (χ1) is 8.86. The number of urea groups is 1. The van der Waals surface area contributed by atoms with Gasteiger partial charge in [0.25, 0.3) is 0 Å². The predicted octanol–water partition coefficient (Wildman–Crippen LogP) is 0.0156. The van der Waals surface area contributed by atoms with Crippen molar-refractivity contribution in [3.8, 4) is 0 Å². The van der Waals surface area contributed by atoms with Gasteiger partial charge in [-0.2, -0.15) is 0 Å². The lowest BCUT2D eigenvalue weighted by atomic mass is 9.93. The molecule has 1 heterocycles. The summed E-state index contributed by atoms with van der Waals surface area (Å²) < 4.78 is 0. The van der Waals surface area contributed by atoms with Crippen LogP contribution in [0.4, 0.5) is 4.79 Å². The minimum atomic E-state index is -1.01. The molecular formula is C12H21N3O4.